The minimum Gasteiger partial charge on any atom is -0.434 e. The molecule has 1 unspecified atom stereocenters. The summed E-state index contributed by atoms with van der Waals surface area (Å²) in [5.74, 6) is -0.251. The molecule has 1 atom stereocenters. The van der Waals surface area contributed by atoms with E-state index >= 15 is 0 Å². The molecule has 0 N–H and O–H groups in total. The standard InChI is InChI=1S/C13H12O2/c1-13(11-7-3-2-4-8-11)9-5-6-10-15-12(13)14/h2-10H,1H3. The number of hydrogen-bond donors (Lipinski definition) is 0. The van der Waals surface area contributed by atoms with Crippen molar-refractivity contribution in [2.24, 2.45) is 0 Å². The Balaban J connectivity index is 2.45. The first-order valence-electron chi connectivity index (χ1n) is 4.84. The highest BCUT2D eigenvalue weighted by atomic mass is 16.5. The summed E-state index contributed by atoms with van der Waals surface area (Å²) in [6, 6.07) is 9.62. The number of carbonyl (C=O) groups is 1. The number of carbonyl (C=O) groups excluding carboxylic acids is 1. The van der Waals surface area contributed by atoms with Crippen LogP contribution in [-0.4, -0.2) is 5.97 Å². The first kappa shape index (κ1) is 9.71. The number of hydrogen-bond acceptors (Lipinski definition) is 2. The van der Waals surface area contributed by atoms with Gasteiger partial charge in [0.15, 0.2) is 0 Å². The Hall–Kier alpha value is -1.83. The molecule has 2 rings (SSSR count). The number of esters is 1. The van der Waals surface area contributed by atoms with Crippen LogP contribution in [0.25, 0.3) is 0 Å². The second-order valence-corrected chi connectivity index (χ2v) is 3.66. The van der Waals surface area contributed by atoms with E-state index in [0.717, 1.165) is 5.56 Å². The van der Waals surface area contributed by atoms with Gasteiger partial charge < -0.3 is 4.74 Å². The molecule has 0 amide bonds. The van der Waals surface area contributed by atoms with Crippen LogP contribution in [0.2, 0.25) is 0 Å². The zero-order valence-corrected chi connectivity index (χ0v) is 8.51. The first-order valence-corrected chi connectivity index (χ1v) is 4.84. The zero-order chi connectivity index (χ0) is 10.7. The van der Waals surface area contributed by atoms with Crippen molar-refractivity contribution < 1.29 is 9.53 Å². The van der Waals surface area contributed by atoms with Gasteiger partial charge in [0.1, 0.15) is 5.41 Å². The number of allylic oxidation sites excluding steroid dienone is 2. The summed E-state index contributed by atoms with van der Waals surface area (Å²) in [6.45, 7) is 1.86. The third-order valence-corrected chi connectivity index (χ3v) is 2.59. The average Bonchev–Trinajstić information content (AvgIpc) is 2.44. The van der Waals surface area contributed by atoms with Crippen molar-refractivity contribution >= 4 is 5.97 Å². The maximum absolute atomic E-state index is 11.8. The van der Waals surface area contributed by atoms with Crippen LogP contribution in [0.4, 0.5) is 0 Å². The third kappa shape index (κ3) is 1.71. The lowest BCUT2D eigenvalue weighted by molar-refractivity contribution is -0.142. The minimum absolute atomic E-state index is 0.251. The van der Waals surface area contributed by atoms with Crippen LogP contribution in [0.15, 0.2) is 54.8 Å². The van der Waals surface area contributed by atoms with Crippen molar-refractivity contribution in [2.75, 3.05) is 0 Å². The quantitative estimate of drug-likeness (QED) is 0.651. The summed E-state index contributed by atoms with van der Waals surface area (Å²) < 4.78 is 4.99. The van der Waals surface area contributed by atoms with Crippen molar-refractivity contribution in [1.82, 2.24) is 0 Å². The van der Waals surface area contributed by atoms with Gasteiger partial charge in [-0.05, 0) is 18.6 Å². The molecule has 0 aliphatic carbocycles. The monoisotopic (exact) mass is 200 g/mol. The molecule has 2 heteroatoms. The average molecular weight is 200 g/mol. The Morgan fingerprint density at radius 3 is 2.60 bits per heavy atom. The van der Waals surface area contributed by atoms with Gasteiger partial charge in [-0.1, -0.05) is 42.5 Å². The van der Waals surface area contributed by atoms with Crippen molar-refractivity contribution in [3.63, 3.8) is 0 Å². The highest BCUT2D eigenvalue weighted by Crippen LogP contribution is 2.28. The van der Waals surface area contributed by atoms with E-state index in [-0.39, 0.29) is 5.97 Å². The summed E-state index contributed by atoms with van der Waals surface area (Å²) in [7, 11) is 0. The molecule has 1 aromatic rings. The Kier molecular flexibility index (Phi) is 2.42. The molecule has 0 spiro atoms. The van der Waals surface area contributed by atoms with Gasteiger partial charge in [0.25, 0.3) is 0 Å². The van der Waals surface area contributed by atoms with E-state index < -0.39 is 5.41 Å². The van der Waals surface area contributed by atoms with E-state index in [1.54, 1.807) is 6.08 Å². The molecule has 1 aliphatic rings. The summed E-state index contributed by atoms with van der Waals surface area (Å²) >= 11 is 0. The van der Waals surface area contributed by atoms with Gasteiger partial charge in [-0.15, -0.1) is 0 Å². The smallest absolute Gasteiger partial charge is 0.324 e. The van der Waals surface area contributed by atoms with Gasteiger partial charge in [-0.3, -0.25) is 4.79 Å². The van der Waals surface area contributed by atoms with Crippen LogP contribution in [0, 0.1) is 0 Å². The molecule has 0 fully saturated rings. The Morgan fingerprint density at radius 1 is 1.13 bits per heavy atom. The molecule has 0 bridgehead atoms. The van der Waals surface area contributed by atoms with E-state index in [9.17, 15) is 4.79 Å². The summed E-state index contributed by atoms with van der Waals surface area (Å²) in [6.07, 6.45) is 6.81. The van der Waals surface area contributed by atoms with Crippen LogP contribution < -0.4 is 0 Å². The molecule has 0 aromatic heterocycles. The maximum atomic E-state index is 11.8. The fourth-order valence-corrected chi connectivity index (χ4v) is 1.58. The van der Waals surface area contributed by atoms with Gasteiger partial charge in [-0.25, -0.2) is 0 Å². The molecule has 0 saturated carbocycles. The predicted octanol–water partition coefficient (Wildman–Crippen LogP) is 2.57. The van der Waals surface area contributed by atoms with Gasteiger partial charge in [0, 0.05) is 0 Å². The number of cyclic esters (lactones) is 1. The van der Waals surface area contributed by atoms with Gasteiger partial charge in [0.2, 0.25) is 0 Å². The number of rotatable bonds is 1. The number of ether oxygens (including phenoxy) is 1. The lowest BCUT2D eigenvalue weighted by atomic mass is 9.82. The fourth-order valence-electron chi connectivity index (χ4n) is 1.58. The van der Waals surface area contributed by atoms with Crippen LogP contribution >= 0.6 is 0 Å². The minimum atomic E-state index is -0.690. The summed E-state index contributed by atoms with van der Waals surface area (Å²) in [5, 5.41) is 0. The predicted molar refractivity (Wildman–Crippen MR) is 58.2 cm³/mol. The van der Waals surface area contributed by atoms with Gasteiger partial charge in [-0.2, -0.15) is 0 Å². The first-order chi connectivity index (χ1) is 7.23. The lowest BCUT2D eigenvalue weighted by Crippen LogP contribution is -2.30. The second kappa shape index (κ2) is 3.73. The highest BCUT2D eigenvalue weighted by molar-refractivity contribution is 5.86. The van der Waals surface area contributed by atoms with Crippen molar-refractivity contribution in [1.29, 1.82) is 0 Å². The summed E-state index contributed by atoms with van der Waals surface area (Å²) in [4.78, 5) is 11.8. The SMILES string of the molecule is CC1(c2ccccc2)C=CC=COC1=O. The maximum Gasteiger partial charge on any atom is 0.324 e. The Labute approximate surface area is 88.9 Å². The molecule has 1 aliphatic heterocycles. The van der Waals surface area contributed by atoms with E-state index in [0.29, 0.717) is 0 Å². The lowest BCUT2D eigenvalue weighted by Gasteiger charge is -2.22. The van der Waals surface area contributed by atoms with Gasteiger partial charge in [0.05, 0.1) is 6.26 Å². The third-order valence-electron chi connectivity index (χ3n) is 2.59. The van der Waals surface area contributed by atoms with E-state index in [1.807, 2.05) is 49.4 Å². The molecule has 0 radical (unpaired) electrons. The van der Waals surface area contributed by atoms with E-state index in [4.69, 9.17) is 4.74 Å². The normalized spacial score (nSPS) is 24.7. The Bertz CT molecular complexity index is 417. The molecular weight excluding hydrogens is 188 g/mol. The summed E-state index contributed by atoms with van der Waals surface area (Å²) in [5.41, 5.74) is 0.250. The molecular formula is C13H12O2. The molecule has 2 nitrogen and oxygen atoms in total. The van der Waals surface area contributed by atoms with Crippen LogP contribution in [-0.2, 0) is 14.9 Å². The highest BCUT2D eigenvalue weighted by Gasteiger charge is 2.34. The molecule has 15 heavy (non-hydrogen) atoms. The molecule has 1 heterocycles. The van der Waals surface area contributed by atoms with E-state index in [2.05, 4.69) is 0 Å². The van der Waals surface area contributed by atoms with Crippen LogP contribution in [0.5, 0.6) is 0 Å². The zero-order valence-electron chi connectivity index (χ0n) is 8.51. The topological polar surface area (TPSA) is 26.3 Å². The van der Waals surface area contributed by atoms with Crippen LogP contribution in [0.1, 0.15) is 12.5 Å². The molecule has 1 aromatic carbocycles. The Morgan fingerprint density at radius 2 is 1.87 bits per heavy atom. The van der Waals surface area contributed by atoms with Crippen molar-refractivity contribution in [3.05, 3.63) is 60.4 Å². The fraction of sp³-hybridized carbons (Fsp3) is 0.154. The largest absolute Gasteiger partial charge is 0.434 e. The van der Waals surface area contributed by atoms with Crippen molar-refractivity contribution in [2.45, 2.75) is 12.3 Å². The van der Waals surface area contributed by atoms with Crippen molar-refractivity contribution in [3.8, 4) is 0 Å². The molecule has 76 valence electrons. The number of benzene rings is 1. The second-order valence-electron chi connectivity index (χ2n) is 3.66. The van der Waals surface area contributed by atoms with Crippen LogP contribution in [0.3, 0.4) is 0 Å². The van der Waals surface area contributed by atoms with E-state index in [1.165, 1.54) is 6.26 Å². The van der Waals surface area contributed by atoms with Gasteiger partial charge >= 0.3 is 5.97 Å². The molecule has 0 saturated heterocycles.